The van der Waals surface area contributed by atoms with Gasteiger partial charge in [0.1, 0.15) is 0 Å². The fourth-order valence-corrected chi connectivity index (χ4v) is 4.87. The average Bonchev–Trinajstić information content (AvgIpc) is 3.29. The van der Waals surface area contributed by atoms with Crippen LogP contribution in [0.2, 0.25) is 0 Å². The van der Waals surface area contributed by atoms with E-state index in [-0.39, 0.29) is 0 Å². The minimum absolute atomic E-state index is 0.762. The largest absolute Gasteiger partial charge is 0.330 e. The monoisotopic (exact) mass is 417 g/mol. The number of hydrogen-bond acceptors (Lipinski definition) is 7. The number of aromatic nitrogens is 2. The van der Waals surface area contributed by atoms with Crippen LogP contribution in [0.5, 0.6) is 0 Å². The summed E-state index contributed by atoms with van der Waals surface area (Å²) in [5.74, 6) is 0. The molecular weight excluding hydrogens is 394 g/mol. The highest BCUT2D eigenvalue weighted by molar-refractivity contribution is 7.73. The summed E-state index contributed by atoms with van der Waals surface area (Å²) in [6, 6.07) is 12.7. The highest BCUT2D eigenvalue weighted by Gasteiger charge is 2.18. The quantitative estimate of drug-likeness (QED) is 0.595. The van der Waals surface area contributed by atoms with E-state index in [1.165, 1.54) is 21.8 Å². The van der Waals surface area contributed by atoms with Crippen LogP contribution in [0.1, 0.15) is 10.4 Å². The first-order chi connectivity index (χ1) is 13.2. The zero-order valence-electron chi connectivity index (χ0n) is 15.3. The van der Waals surface area contributed by atoms with Crippen LogP contribution < -0.4 is 5.32 Å². The van der Waals surface area contributed by atoms with Gasteiger partial charge in [-0.1, -0.05) is 35.1 Å². The number of thiophene rings is 1. The second kappa shape index (κ2) is 8.62. The van der Waals surface area contributed by atoms with E-state index in [0.717, 1.165) is 54.2 Å². The molecule has 0 spiro atoms. The Labute approximate surface area is 172 Å². The Morgan fingerprint density at radius 3 is 2.52 bits per heavy atom. The lowest BCUT2D eigenvalue weighted by Crippen LogP contribution is -2.46. The lowest BCUT2D eigenvalue weighted by molar-refractivity contribution is 0.0992. The zero-order chi connectivity index (χ0) is 18.6. The van der Waals surface area contributed by atoms with Crippen molar-refractivity contribution in [2.75, 3.05) is 31.5 Å². The maximum absolute atomic E-state index is 5.52. The van der Waals surface area contributed by atoms with Crippen LogP contribution in [0.25, 0.3) is 0 Å². The van der Waals surface area contributed by atoms with Crippen LogP contribution in [0.3, 0.4) is 0 Å². The van der Waals surface area contributed by atoms with Crippen molar-refractivity contribution >= 4 is 45.7 Å². The van der Waals surface area contributed by atoms with Gasteiger partial charge < -0.3 is 5.32 Å². The molecule has 1 fully saturated rings. The van der Waals surface area contributed by atoms with Gasteiger partial charge in [0.15, 0.2) is 3.95 Å². The van der Waals surface area contributed by atoms with Crippen molar-refractivity contribution in [3.63, 3.8) is 0 Å². The highest BCUT2D eigenvalue weighted by Crippen LogP contribution is 2.21. The fraction of sp³-hybridized carbons (Fsp3) is 0.368. The van der Waals surface area contributed by atoms with E-state index >= 15 is 0 Å². The van der Waals surface area contributed by atoms with Crippen LogP contribution in [-0.2, 0) is 13.2 Å². The van der Waals surface area contributed by atoms with E-state index in [4.69, 9.17) is 12.2 Å². The van der Waals surface area contributed by atoms with Crippen molar-refractivity contribution in [1.82, 2.24) is 19.6 Å². The second-order valence-corrected chi connectivity index (χ2v) is 9.43. The summed E-state index contributed by atoms with van der Waals surface area (Å²) in [5.41, 5.74) is 2.29. The molecule has 2 aromatic heterocycles. The van der Waals surface area contributed by atoms with Gasteiger partial charge in [0.05, 0.1) is 6.67 Å². The summed E-state index contributed by atoms with van der Waals surface area (Å²) in [7, 11) is 0. The number of benzene rings is 1. The Kier molecular flexibility index (Phi) is 5.99. The number of rotatable bonds is 6. The number of nitrogens with zero attached hydrogens (tertiary/aromatic N) is 4. The van der Waals surface area contributed by atoms with E-state index in [2.05, 4.69) is 68.9 Å². The minimum atomic E-state index is 0.762. The third-order valence-electron chi connectivity index (χ3n) is 4.67. The van der Waals surface area contributed by atoms with Gasteiger partial charge in [0.25, 0.3) is 0 Å². The number of nitrogens with one attached hydrogen (secondary N) is 1. The molecule has 0 unspecified atom stereocenters. The molecule has 8 heteroatoms. The number of aryl methyl sites for hydroxylation is 1. The summed E-state index contributed by atoms with van der Waals surface area (Å²) >= 11 is 8.88. The lowest BCUT2D eigenvalue weighted by Gasteiger charge is -2.34. The molecule has 1 N–H and O–H groups in total. The molecule has 1 saturated heterocycles. The molecule has 27 heavy (non-hydrogen) atoms. The van der Waals surface area contributed by atoms with Crippen LogP contribution >= 0.6 is 34.9 Å². The van der Waals surface area contributed by atoms with Crippen LogP contribution in [-0.4, -0.2) is 45.8 Å². The Bertz CT molecular complexity index is 906. The Morgan fingerprint density at radius 1 is 1.07 bits per heavy atom. The molecule has 3 heterocycles. The molecule has 0 aliphatic carbocycles. The molecule has 1 aromatic carbocycles. The smallest absolute Gasteiger partial charge is 0.209 e. The Balaban J connectivity index is 1.31. The number of piperazine rings is 1. The van der Waals surface area contributed by atoms with Crippen molar-refractivity contribution in [3.05, 3.63) is 56.2 Å². The van der Waals surface area contributed by atoms with Crippen LogP contribution in [0, 0.1) is 10.9 Å². The molecule has 0 amide bonds. The van der Waals surface area contributed by atoms with Crippen molar-refractivity contribution in [2.24, 2.45) is 0 Å². The third kappa shape index (κ3) is 5.03. The van der Waals surface area contributed by atoms with Gasteiger partial charge in [-0.25, -0.2) is 4.68 Å². The van der Waals surface area contributed by atoms with Gasteiger partial charge >= 0.3 is 0 Å². The summed E-state index contributed by atoms with van der Waals surface area (Å²) < 4.78 is 2.75. The molecule has 4 rings (SSSR count). The first-order valence-corrected chi connectivity index (χ1v) is 11.1. The molecule has 3 aromatic rings. The van der Waals surface area contributed by atoms with Gasteiger partial charge in [0.2, 0.25) is 5.13 Å². The van der Waals surface area contributed by atoms with Crippen molar-refractivity contribution < 1.29 is 0 Å². The summed E-state index contributed by atoms with van der Waals surface area (Å²) in [5, 5.41) is 11.0. The molecule has 5 nitrogen and oxygen atoms in total. The van der Waals surface area contributed by atoms with Gasteiger partial charge in [-0.15, -0.1) is 16.4 Å². The molecule has 1 aliphatic heterocycles. The average molecular weight is 418 g/mol. The van der Waals surface area contributed by atoms with Crippen molar-refractivity contribution in [2.45, 2.75) is 20.1 Å². The Hall–Kier alpha value is -1.58. The maximum Gasteiger partial charge on any atom is 0.209 e. The second-order valence-electron chi connectivity index (χ2n) is 6.78. The van der Waals surface area contributed by atoms with Gasteiger partial charge in [-0.05, 0) is 42.7 Å². The molecule has 0 saturated carbocycles. The number of anilines is 2. The zero-order valence-corrected chi connectivity index (χ0v) is 17.7. The van der Waals surface area contributed by atoms with E-state index in [1.807, 2.05) is 16.0 Å². The van der Waals surface area contributed by atoms with Crippen LogP contribution in [0.15, 0.2) is 41.8 Å². The highest BCUT2D eigenvalue weighted by atomic mass is 32.1. The lowest BCUT2D eigenvalue weighted by atomic mass is 10.2. The normalized spacial score (nSPS) is 15.9. The molecular formula is C19H23N5S3. The third-order valence-corrected chi connectivity index (χ3v) is 6.75. The standard InChI is InChI=1S/C19H23N5S3/c1-15-4-6-16(7-5-15)20-18-21-24(19(25)27-18)14-23-10-8-22(9-11-23)13-17-3-2-12-26-17/h2-7,12H,8-11,13-14H2,1H3,(H,20,21). The molecule has 142 valence electrons. The summed E-state index contributed by atoms with van der Waals surface area (Å²) in [6.07, 6.45) is 0. The van der Waals surface area contributed by atoms with Crippen molar-refractivity contribution in [3.8, 4) is 0 Å². The molecule has 1 aliphatic rings. The number of hydrogen-bond donors (Lipinski definition) is 1. The van der Waals surface area contributed by atoms with Crippen molar-refractivity contribution in [1.29, 1.82) is 0 Å². The summed E-state index contributed by atoms with van der Waals surface area (Å²) in [6.45, 7) is 8.18. The first-order valence-electron chi connectivity index (χ1n) is 9.04. The van der Waals surface area contributed by atoms with Crippen LogP contribution in [0.4, 0.5) is 10.8 Å². The first kappa shape index (κ1) is 18.8. The topological polar surface area (TPSA) is 36.3 Å². The predicted molar refractivity (Wildman–Crippen MR) is 117 cm³/mol. The van der Waals surface area contributed by atoms with Gasteiger partial charge in [0, 0.05) is 43.3 Å². The van der Waals surface area contributed by atoms with E-state index in [1.54, 1.807) is 0 Å². The van der Waals surface area contributed by atoms with E-state index in [9.17, 15) is 0 Å². The SMILES string of the molecule is Cc1ccc(Nc2nn(CN3CCN(Cc4cccs4)CC3)c(=S)s2)cc1. The predicted octanol–water partition coefficient (Wildman–Crippen LogP) is 4.56. The Morgan fingerprint density at radius 2 is 1.81 bits per heavy atom. The maximum atomic E-state index is 5.52. The summed E-state index contributed by atoms with van der Waals surface area (Å²) in [4.78, 5) is 6.39. The van der Waals surface area contributed by atoms with Gasteiger partial charge in [-0.3, -0.25) is 9.80 Å². The molecule has 0 radical (unpaired) electrons. The minimum Gasteiger partial charge on any atom is -0.330 e. The van der Waals surface area contributed by atoms with E-state index < -0.39 is 0 Å². The van der Waals surface area contributed by atoms with Gasteiger partial charge in [-0.2, -0.15) is 0 Å². The fourth-order valence-electron chi connectivity index (χ4n) is 3.11. The molecule has 0 bridgehead atoms. The molecule has 0 atom stereocenters. The van der Waals surface area contributed by atoms with E-state index in [0.29, 0.717) is 0 Å².